The zero-order chi connectivity index (χ0) is 13.3. The first kappa shape index (κ1) is 13.0. The van der Waals surface area contributed by atoms with E-state index >= 15 is 0 Å². The van der Waals surface area contributed by atoms with Gasteiger partial charge in [-0.05, 0) is 30.5 Å². The SMILES string of the molecule is CCC(C)c1cc(C(=O)O)c2c(Br)cccc2n1. The van der Waals surface area contributed by atoms with Crippen molar-refractivity contribution in [1.29, 1.82) is 0 Å². The maximum absolute atomic E-state index is 11.4. The van der Waals surface area contributed by atoms with E-state index in [0.717, 1.165) is 22.1 Å². The molecule has 18 heavy (non-hydrogen) atoms. The summed E-state index contributed by atoms with van der Waals surface area (Å²) in [6.45, 7) is 4.12. The monoisotopic (exact) mass is 307 g/mol. The number of rotatable bonds is 3. The van der Waals surface area contributed by atoms with Crippen molar-refractivity contribution in [3.63, 3.8) is 0 Å². The average molecular weight is 308 g/mol. The summed E-state index contributed by atoms with van der Waals surface area (Å²) in [7, 11) is 0. The third-order valence-electron chi connectivity index (χ3n) is 3.15. The van der Waals surface area contributed by atoms with Crippen LogP contribution in [0.25, 0.3) is 10.9 Å². The highest BCUT2D eigenvalue weighted by Gasteiger charge is 2.16. The minimum atomic E-state index is -0.918. The standard InChI is InChI=1S/C14H14BrNO2/c1-3-8(2)12-7-9(14(17)18)13-10(15)5-4-6-11(13)16-12/h4-8H,3H2,1-2H3,(H,17,18). The summed E-state index contributed by atoms with van der Waals surface area (Å²) < 4.78 is 0.764. The van der Waals surface area contributed by atoms with Gasteiger partial charge >= 0.3 is 5.97 Å². The fourth-order valence-electron chi connectivity index (χ4n) is 1.89. The van der Waals surface area contributed by atoms with Crippen molar-refractivity contribution in [1.82, 2.24) is 4.98 Å². The van der Waals surface area contributed by atoms with E-state index in [2.05, 4.69) is 34.8 Å². The molecule has 1 aromatic carbocycles. The van der Waals surface area contributed by atoms with Gasteiger partial charge in [0.05, 0.1) is 11.1 Å². The largest absolute Gasteiger partial charge is 0.478 e. The van der Waals surface area contributed by atoms with Crippen molar-refractivity contribution in [2.24, 2.45) is 0 Å². The first-order valence-electron chi connectivity index (χ1n) is 5.87. The predicted octanol–water partition coefficient (Wildman–Crippen LogP) is 4.21. The molecule has 1 aromatic heterocycles. The van der Waals surface area contributed by atoms with E-state index in [4.69, 9.17) is 0 Å². The van der Waals surface area contributed by atoms with Crippen LogP contribution in [0.1, 0.15) is 42.2 Å². The Balaban J connectivity index is 2.79. The van der Waals surface area contributed by atoms with E-state index in [-0.39, 0.29) is 5.92 Å². The number of pyridine rings is 1. The van der Waals surface area contributed by atoms with Crippen molar-refractivity contribution < 1.29 is 9.90 Å². The number of aromatic carboxylic acids is 1. The molecule has 0 aliphatic carbocycles. The first-order valence-corrected chi connectivity index (χ1v) is 6.66. The molecule has 0 radical (unpaired) electrons. The van der Waals surface area contributed by atoms with Crippen LogP contribution < -0.4 is 0 Å². The molecule has 0 fully saturated rings. The first-order chi connectivity index (χ1) is 8.54. The smallest absolute Gasteiger partial charge is 0.336 e. The lowest BCUT2D eigenvalue weighted by atomic mass is 10.00. The number of hydrogen-bond acceptors (Lipinski definition) is 2. The molecule has 0 aliphatic heterocycles. The highest BCUT2D eigenvalue weighted by atomic mass is 79.9. The molecule has 0 saturated carbocycles. The topological polar surface area (TPSA) is 50.2 Å². The van der Waals surface area contributed by atoms with Gasteiger partial charge in [-0.2, -0.15) is 0 Å². The molecule has 0 aliphatic rings. The van der Waals surface area contributed by atoms with Crippen LogP contribution in [-0.4, -0.2) is 16.1 Å². The maximum atomic E-state index is 11.4. The summed E-state index contributed by atoms with van der Waals surface area (Å²) >= 11 is 3.39. The number of nitrogens with zero attached hydrogens (tertiary/aromatic N) is 1. The zero-order valence-electron chi connectivity index (χ0n) is 10.3. The molecular formula is C14H14BrNO2. The summed E-state index contributed by atoms with van der Waals surface area (Å²) in [5.41, 5.74) is 1.86. The van der Waals surface area contributed by atoms with Gasteiger partial charge in [-0.25, -0.2) is 4.79 Å². The molecular weight excluding hydrogens is 294 g/mol. The lowest BCUT2D eigenvalue weighted by Crippen LogP contribution is -2.04. The molecule has 0 bridgehead atoms. The second-order valence-electron chi connectivity index (χ2n) is 4.34. The summed E-state index contributed by atoms with van der Waals surface area (Å²) in [5, 5.41) is 10.0. The highest BCUT2D eigenvalue weighted by Crippen LogP contribution is 2.29. The van der Waals surface area contributed by atoms with Crippen molar-refractivity contribution in [2.75, 3.05) is 0 Å². The molecule has 2 aromatic rings. The zero-order valence-corrected chi connectivity index (χ0v) is 11.9. The van der Waals surface area contributed by atoms with Crippen molar-refractivity contribution in [3.05, 3.63) is 40.0 Å². The number of halogens is 1. The fourth-order valence-corrected chi connectivity index (χ4v) is 2.46. The van der Waals surface area contributed by atoms with Crippen LogP contribution in [0.2, 0.25) is 0 Å². The lowest BCUT2D eigenvalue weighted by Gasteiger charge is -2.12. The van der Waals surface area contributed by atoms with Crippen LogP contribution in [0.3, 0.4) is 0 Å². The van der Waals surface area contributed by atoms with E-state index < -0.39 is 5.97 Å². The van der Waals surface area contributed by atoms with E-state index in [0.29, 0.717) is 10.9 Å². The van der Waals surface area contributed by atoms with Crippen LogP contribution in [0.15, 0.2) is 28.7 Å². The fraction of sp³-hybridized carbons (Fsp3) is 0.286. The van der Waals surface area contributed by atoms with Gasteiger partial charge in [-0.3, -0.25) is 4.98 Å². The van der Waals surface area contributed by atoms with Gasteiger partial charge in [0.1, 0.15) is 0 Å². The number of fused-ring (bicyclic) bond motifs is 1. The second-order valence-corrected chi connectivity index (χ2v) is 5.20. The van der Waals surface area contributed by atoms with Crippen molar-refractivity contribution in [3.8, 4) is 0 Å². The number of hydrogen-bond donors (Lipinski definition) is 1. The number of carboxylic acid groups (broad SMARTS) is 1. The Hall–Kier alpha value is -1.42. The Labute approximate surface area is 114 Å². The molecule has 1 N–H and O–H groups in total. The number of carboxylic acids is 1. The molecule has 1 unspecified atom stereocenters. The third-order valence-corrected chi connectivity index (χ3v) is 3.81. The Bertz CT molecular complexity index is 610. The Morgan fingerprint density at radius 3 is 2.83 bits per heavy atom. The molecule has 1 heterocycles. The van der Waals surface area contributed by atoms with E-state index in [1.165, 1.54) is 0 Å². The van der Waals surface area contributed by atoms with Gasteiger partial charge < -0.3 is 5.11 Å². The number of benzene rings is 1. The minimum Gasteiger partial charge on any atom is -0.478 e. The summed E-state index contributed by atoms with van der Waals surface area (Å²) in [6.07, 6.45) is 0.936. The maximum Gasteiger partial charge on any atom is 0.336 e. The second kappa shape index (κ2) is 5.06. The number of carbonyl (C=O) groups is 1. The summed E-state index contributed by atoms with van der Waals surface area (Å²) in [6, 6.07) is 7.23. The molecule has 2 rings (SSSR count). The molecule has 3 nitrogen and oxygen atoms in total. The third kappa shape index (κ3) is 2.25. The Morgan fingerprint density at radius 1 is 1.50 bits per heavy atom. The van der Waals surface area contributed by atoms with E-state index in [9.17, 15) is 9.90 Å². The van der Waals surface area contributed by atoms with Gasteiger partial charge in [0.2, 0.25) is 0 Å². The summed E-state index contributed by atoms with van der Waals surface area (Å²) in [5.74, 6) is -0.662. The van der Waals surface area contributed by atoms with Crippen LogP contribution in [0.5, 0.6) is 0 Å². The van der Waals surface area contributed by atoms with Gasteiger partial charge in [0, 0.05) is 15.6 Å². The van der Waals surface area contributed by atoms with Crippen LogP contribution in [0, 0.1) is 0 Å². The predicted molar refractivity (Wildman–Crippen MR) is 75.1 cm³/mol. The van der Waals surface area contributed by atoms with Gasteiger partial charge in [-0.15, -0.1) is 0 Å². The molecule has 0 amide bonds. The van der Waals surface area contributed by atoms with E-state index in [1.54, 1.807) is 6.07 Å². The van der Waals surface area contributed by atoms with Gasteiger partial charge in [0.25, 0.3) is 0 Å². The Morgan fingerprint density at radius 2 is 2.22 bits per heavy atom. The Kier molecular flexibility index (Phi) is 3.66. The normalized spacial score (nSPS) is 12.6. The van der Waals surface area contributed by atoms with Crippen molar-refractivity contribution >= 4 is 32.8 Å². The quantitative estimate of drug-likeness (QED) is 0.924. The molecule has 1 atom stereocenters. The number of aromatic nitrogens is 1. The van der Waals surface area contributed by atoms with Gasteiger partial charge in [0.15, 0.2) is 0 Å². The van der Waals surface area contributed by atoms with Crippen LogP contribution in [0.4, 0.5) is 0 Å². The highest BCUT2D eigenvalue weighted by molar-refractivity contribution is 9.10. The van der Waals surface area contributed by atoms with Crippen molar-refractivity contribution in [2.45, 2.75) is 26.2 Å². The minimum absolute atomic E-state index is 0.256. The molecule has 0 spiro atoms. The van der Waals surface area contributed by atoms with Crippen LogP contribution >= 0.6 is 15.9 Å². The average Bonchev–Trinajstić information content (AvgIpc) is 2.36. The van der Waals surface area contributed by atoms with E-state index in [1.807, 2.05) is 18.2 Å². The molecule has 0 saturated heterocycles. The lowest BCUT2D eigenvalue weighted by molar-refractivity contribution is 0.0698. The molecule has 94 valence electrons. The van der Waals surface area contributed by atoms with Gasteiger partial charge in [-0.1, -0.05) is 35.8 Å². The summed E-state index contributed by atoms with van der Waals surface area (Å²) in [4.78, 5) is 15.9. The van der Waals surface area contributed by atoms with Crippen LogP contribution in [-0.2, 0) is 0 Å². The molecule has 4 heteroatoms.